The van der Waals surface area contributed by atoms with Crippen LogP contribution in [0.5, 0.6) is 0 Å². The third-order valence-corrected chi connectivity index (χ3v) is 5.50. The average molecular weight is 384 g/mol. The molecule has 1 atom stereocenters. The highest BCUT2D eigenvalue weighted by atomic mass is 16.5. The van der Waals surface area contributed by atoms with Gasteiger partial charge in [0.15, 0.2) is 5.65 Å². The third kappa shape index (κ3) is 3.49. The summed E-state index contributed by atoms with van der Waals surface area (Å²) in [7, 11) is 0. The van der Waals surface area contributed by atoms with E-state index in [1.54, 1.807) is 6.33 Å². The van der Waals surface area contributed by atoms with E-state index in [1.165, 1.54) is 5.56 Å². The summed E-state index contributed by atoms with van der Waals surface area (Å²) in [5.74, 6) is 0.857. The van der Waals surface area contributed by atoms with Crippen molar-refractivity contribution in [2.75, 3.05) is 18.5 Å². The molecule has 2 aromatic carbocycles. The number of hydrogen-bond acceptors (Lipinski definition) is 4. The fourth-order valence-corrected chi connectivity index (χ4v) is 3.95. The van der Waals surface area contributed by atoms with Crippen molar-refractivity contribution in [3.8, 4) is 16.8 Å². The van der Waals surface area contributed by atoms with Crippen LogP contribution < -0.4 is 5.32 Å². The molecule has 3 heterocycles. The lowest BCUT2D eigenvalue weighted by Gasteiger charge is -2.12. The monoisotopic (exact) mass is 384 g/mol. The molecular weight excluding hydrogens is 360 g/mol. The van der Waals surface area contributed by atoms with E-state index in [9.17, 15) is 0 Å². The second kappa shape index (κ2) is 7.68. The highest BCUT2D eigenvalue weighted by Gasteiger charge is 2.19. The van der Waals surface area contributed by atoms with Crippen LogP contribution in [0, 0.1) is 6.92 Å². The quantitative estimate of drug-likeness (QED) is 0.527. The lowest BCUT2D eigenvalue weighted by molar-refractivity contribution is 0.120. The molecule has 0 bridgehead atoms. The molecule has 5 rings (SSSR count). The first-order valence-electron chi connectivity index (χ1n) is 10.1. The lowest BCUT2D eigenvalue weighted by atomic mass is 10.1. The zero-order valence-electron chi connectivity index (χ0n) is 16.5. The number of anilines is 1. The third-order valence-electron chi connectivity index (χ3n) is 5.50. The van der Waals surface area contributed by atoms with E-state index >= 15 is 0 Å². The van der Waals surface area contributed by atoms with Crippen molar-refractivity contribution in [1.82, 2.24) is 14.5 Å². The SMILES string of the molecule is Cc1ccc(-n2cc(-c3ccccc3)c3c(NCC4CCCO4)ncnc32)cc1. The van der Waals surface area contributed by atoms with Crippen LogP contribution >= 0.6 is 0 Å². The van der Waals surface area contributed by atoms with E-state index in [0.29, 0.717) is 0 Å². The van der Waals surface area contributed by atoms with Crippen LogP contribution in [-0.2, 0) is 4.74 Å². The van der Waals surface area contributed by atoms with Crippen LogP contribution in [-0.4, -0.2) is 33.8 Å². The molecule has 1 N–H and O–H groups in total. The maximum Gasteiger partial charge on any atom is 0.150 e. The number of nitrogens with zero attached hydrogens (tertiary/aromatic N) is 3. The van der Waals surface area contributed by atoms with Crippen LogP contribution in [0.15, 0.2) is 67.1 Å². The number of aryl methyl sites for hydroxylation is 1. The molecule has 5 heteroatoms. The van der Waals surface area contributed by atoms with Gasteiger partial charge >= 0.3 is 0 Å². The highest BCUT2D eigenvalue weighted by molar-refractivity contribution is 6.02. The Bertz CT molecular complexity index is 1110. The van der Waals surface area contributed by atoms with Crippen LogP contribution in [0.1, 0.15) is 18.4 Å². The van der Waals surface area contributed by atoms with E-state index in [-0.39, 0.29) is 6.10 Å². The van der Waals surface area contributed by atoms with Gasteiger partial charge < -0.3 is 14.6 Å². The van der Waals surface area contributed by atoms with E-state index in [2.05, 4.69) is 81.5 Å². The normalized spacial score (nSPS) is 16.4. The summed E-state index contributed by atoms with van der Waals surface area (Å²) >= 11 is 0. The number of benzene rings is 2. The Morgan fingerprint density at radius 2 is 1.90 bits per heavy atom. The van der Waals surface area contributed by atoms with Gasteiger partial charge in [-0.3, -0.25) is 0 Å². The molecule has 146 valence electrons. The smallest absolute Gasteiger partial charge is 0.150 e. The van der Waals surface area contributed by atoms with Crippen molar-refractivity contribution < 1.29 is 4.74 Å². The number of rotatable bonds is 5. The molecule has 0 saturated carbocycles. The summed E-state index contributed by atoms with van der Waals surface area (Å²) in [4.78, 5) is 9.23. The number of aromatic nitrogens is 3. The second-order valence-corrected chi connectivity index (χ2v) is 7.55. The number of hydrogen-bond donors (Lipinski definition) is 1. The Balaban J connectivity index is 1.65. The van der Waals surface area contributed by atoms with Crippen LogP contribution in [0.4, 0.5) is 5.82 Å². The Kier molecular flexibility index (Phi) is 4.74. The van der Waals surface area contributed by atoms with Crippen LogP contribution in [0.25, 0.3) is 27.8 Å². The Morgan fingerprint density at radius 3 is 2.66 bits per heavy atom. The molecule has 1 saturated heterocycles. The zero-order valence-corrected chi connectivity index (χ0v) is 16.5. The topological polar surface area (TPSA) is 52.0 Å². The maximum atomic E-state index is 5.78. The van der Waals surface area contributed by atoms with Gasteiger partial charge in [-0.05, 0) is 37.5 Å². The van der Waals surface area contributed by atoms with Gasteiger partial charge in [0.2, 0.25) is 0 Å². The summed E-state index contributed by atoms with van der Waals surface area (Å²) in [5, 5.41) is 4.56. The van der Waals surface area contributed by atoms with Crippen molar-refractivity contribution in [3.63, 3.8) is 0 Å². The predicted octanol–water partition coefficient (Wildman–Crippen LogP) is 4.99. The fourth-order valence-electron chi connectivity index (χ4n) is 3.95. The molecule has 0 amide bonds. The minimum absolute atomic E-state index is 0.249. The molecule has 1 aliphatic rings. The van der Waals surface area contributed by atoms with Crippen molar-refractivity contribution in [3.05, 3.63) is 72.7 Å². The van der Waals surface area contributed by atoms with Crippen molar-refractivity contribution in [2.24, 2.45) is 0 Å². The molecule has 0 aliphatic carbocycles. The molecule has 29 heavy (non-hydrogen) atoms. The maximum absolute atomic E-state index is 5.78. The second-order valence-electron chi connectivity index (χ2n) is 7.55. The Hall–Kier alpha value is -3.18. The largest absolute Gasteiger partial charge is 0.376 e. The van der Waals surface area contributed by atoms with Crippen LogP contribution in [0.3, 0.4) is 0 Å². The molecule has 0 radical (unpaired) electrons. The van der Waals surface area contributed by atoms with Crippen molar-refractivity contribution >= 4 is 16.9 Å². The van der Waals surface area contributed by atoms with Gasteiger partial charge in [-0.1, -0.05) is 48.0 Å². The Labute approximate surface area is 170 Å². The first kappa shape index (κ1) is 17.9. The molecule has 2 aromatic heterocycles. The first-order chi connectivity index (χ1) is 14.3. The Morgan fingerprint density at radius 1 is 1.07 bits per heavy atom. The van der Waals surface area contributed by atoms with Gasteiger partial charge in [-0.15, -0.1) is 0 Å². The first-order valence-corrected chi connectivity index (χ1v) is 10.1. The standard InChI is InChI=1S/C24H24N4O/c1-17-9-11-19(12-10-17)28-15-21(18-6-3-2-4-7-18)22-23(26-16-27-24(22)28)25-14-20-8-5-13-29-20/h2-4,6-7,9-12,15-16,20H,5,8,13-14H2,1H3,(H,25,26,27). The van der Waals surface area contributed by atoms with Gasteiger partial charge in [-0.2, -0.15) is 0 Å². The molecule has 0 spiro atoms. The molecule has 4 aromatic rings. The number of fused-ring (bicyclic) bond motifs is 1. The highest BCUT2D eigenvalue weighted by Crippen LogP contribution is 2.35. The number of nitrogens with one attached hydrogen (secondary N) is 1. The van der Waals surface area contributed by atoms with Crippen molar-refractivity contribution in [2.45, 2.75) is 25.9 Å². The molecule has 1 fully saturated rings. The van der Waals surface area contributed by atoms with E-state index in [0.717, 1.165) is 59.7 Å². The van der Waals surface area contributed by atoms with E-state index in [4.69, 9.17) is 4.74 Å². The molecule has 1 aliphatic heterocycles. The summed E-state index contributed by atoms with van der Waals surface area (Å²) in [6.07, 6.45) is 6.28. The predicted molar refractivity (Wildman–Crippen MR) is 117 cm³/mol. The summed E-state index contributed by atoms with van der Waals surface area (Å²) in [6, 6.07) is 18.9. The summed E-state index contributed by atoms with van der Waals surface area (Å²) < 4.78 is 7.93. The van der Waals surface area contributed by atoms with Crippen molar-refractivity contribution in [1.29, 1.82) is 0 Å². The minimum atomic E-state index is 0.249. The number of ether oxygens (including phenoxy) is 1. The van der Waals surface area contributed by atoms with Gasteiger partial charge in [0.25, 0.3) is 0 Å². The summed E-state index contributed by atoms with van der Waals surface area (Å²) in [6.45, 7) is 3.71. The van der Waals surface area contributed by atoms with Gasteiger partial charge in [0.05, 0.1) is 11.5 Å². The molecule has 5 nitrogen and oxygen atoms in total. The van der Waals surface area contributed by atoms with E-state index < -0.39 is 0 Å². The summed E-state index contributed by atoms with van der Waals surface area (Å²) in [5.41, 5.74) is 5.50. The van der Waals surface area contributed by atoms with Gasteiger partial charge in [-0.25, -0.2) is 9.97 Å². The minimum Gasteiger partial charge on any atom is -0.376 e. The molecular formula is C24H24N4O. The zero-order chi connectivity index (χ0) is 19.6. The van der Waals surface area contributed by atoms with Gasteiger partial charge in [0, 0.05) is 30.6 Å². The van der Waals surface area contributed by atoms with E-state index in [1.807, 2.05) is 6.07 Å². The lowest BCUT2D eigenvalue weighted by Crippen LogP contribution is -2.19. The van der Waals surface area contributed by atoms with Crippen LogP contribution in [0.2, 0.25) is 0 Å². The fraction of sp³-hybridized carbons (Fsp3) is 0.250. The average Bonchev–Trinajstić information content (AvgIpc) is 3.42. The van der Waals surface area contributed by atoms with Gasteiger partial charge in [0.1, 0.15) is 12.1 Å². The molecule has 1 unspecified atom stereocenters.